The van der Waals surface area contributed by atoms with E-state index in [1.165, 1.54) is 0 Å². The van der Waals surface area contributed by atoms with Gasteiger partial charge in [0, 0.05) is 110 Å². The first kappa shape index (κ1) is 43.7. The summed E-state index contributed by atoms with van der Waals surface area (Å²) >= 11 is 0. The second-order valence-corrected chi connectivity index (χ2v) is 21.5. The molecular weight excluding hydrogens is 1010 g/mol. The molecule has 6 heterocycles. The predicted molar refractivity (Wildman–Crippen MR) is 334 cm³/mol. The van der Waals surface area contributed by atoms with Gasteiger partial charge in [0.2, 0.25) is 0 Å². The van der Waals surface area contributed by atoms with E-state index in [1.807, 2.05) is 48.5 Å². The topological polar surface area (TPSA) is 85.3 Å². The van der Waals surface area contributed by atoms with Gasteiger partial charge in [-0.25, -0.2) is 0 Å². The molecule has 0 N–H and O–H groups in total. The molecule has 382 valence electrons. The lowest BCUT2D eigenvalue weighted by Gasteiger charge is -2.26. The normalized spacial score (nSPS) is 12.4. The number of anilines is 6. The van der Waals surface area contributed by atoms with E-state index < -0.39 is 0 Å². The monoisotopic (exact) mass is 1050 g/mol. The highest BCUT2D eigenvalue weighted by atomic mass is 16.4. The summed E-state index contributed by atoms with van der Waals surface area (Å²) in [5.41, 5.74) is 15.9. The number of rotatable bonds is 6. The van der Waals surface area contributed by atoms with Gasteiger partial charge in [0.15, 0.2) is 11.2 Å². The zero-order valence-electron chi connectivity index (χ0n) is 43.4. The van der Waals surface area contributed by atoms with Crippen molar-refractivity contribution in [2.24, 2.45) is 0 Å². The van der Waals surface area contributed by atoms with E-state index >= 15 is 0 Å². The largest absolute Gasteiger partial charge is 0.456 e. The van der Waals surface area contributed by atoms with E-state index in [1.54, 1.807) is 0 Å². The molecular formula is C74H40N2O6. The minimum atomic E-state index is 0.725. The summed E-state index contributed by atoms with van der Waals surface area (Å²) in [4.78, 5) is 4.63. The molecule has 0 fully saturated rings. The van der Waals surface area contributed by atoms with Crippen LogP contribution in [0.4, 0.5) is 34.1 Å². The molecule has 0 aliphatic heterocycles. The molecule has 19 rings (SSSR count). The van der Waals surface area contributed by atoms with E-state index in [0.717, 1.165) is 187 Å². The van der Waals surface area contributed by atoms with Crippen LogP contribution in [0.15, 0.2) is 269 Å². The molecule has 8 heteroatoms. The van der Waals surface area contributed by atoms with E-state index in [0.29, 0.717) is 0 Å². The molecule has 19 aromatic rings. The number of furan rings is 6. The molecule has 0 atom stereocenters. The number of hydrogen-bond acceptors (Lipinski definition) is 8. The zero-order valence-corrected chi connectivity index (χ0v) is 43.4. The predicted octanol–water partition coefficient (Wildman–Crippen LogP) is 22.3. The van der Waals surface area contributed by atoms with Gasteiger partial charge < -0.3 is 36.3 Å². The standard InChI is InChI=1S/C74H40N2O6/c1-5-13-63-51(9-1)59-37-45(21-31-67(59)77-63)75(46-22-32-68-60(38-46)52-10-2-6-14-64(52)78-68)43-19-27-49-41(35-43)17-25-55-57-29-30-58-56-26-18-42-36-44(20-28-50(42)72(56)82-74(58)73(57)81-71(49)55)76(47-23-33-69-61(39-47)53-11-3-7-15-65(53)79-69)48-24-34-70-62(40-48)54-12-4-8-16-66(54)80-70/h1-40H. The Kier molecular flexibility index (Phi) is 8.63. The summed E-state index contributed by atoms with van der Waals surface area (Å²) in [7, 11) is 0. The van der Waals surface area contributed by atoms with Crippen LogP contribution < -0.4 is 9.80 Å². The SMILES string of the molecule is c1ccc2c(c1)oc1ccc(N(c3ccc4c(ccc5c6ccc7c8ccc9cc(N(c%10ccc%11oc%12ccccc%12c%11c%10)c%10ccc%11oc%12ccccc%12c%11c%10)ccc9c8oc7c6oc45)c3)c3ccc4oc5ccccc5c4c3)cc12. The minimum absolute atomic E-state index is 0.725. The van der Waals surface area contributed by atoms with Crippen molar-refractivity contribution in [2.75, 3.05) is 9.80 Å². The van der Waals surface area contributed by atoms with Crippen molar-refractivity contribution in [2.45, 2.75) is 0 Å². The smallest absolute Gasteiger partial charge is 0.178 e. The van der Waals surface area contributed by atoms with Crippen molar-refractivity contribution in [3.63, 3.8) is 0 Å². The van der Waals surface area contributed by atoms with Crippen LogP contribution in [0.2, 0.25) is 0 Å². The van der Waals surface area contributed by atoms with Crippen LogP contribution in [-0.4, -0.2) is 0 Å². The number of nitrogens with zero attached hydrogens (tertiary/aromatic N) is 2. The van der Waals surface area contributed by atoms with Gasteiger partial charge >= 0.3 is 0 Å². The number of fused-ring (bicyclic) bond motifs is 23. The quantitative estimate of drug-likeness (QED) is 0.163. The van der Waals surface area contributed by atoms with Gasteiger partial charge in [-0.3, -0.25) is 0 Å². The maximum Gasteiger partial charge on any atom is 0.178 e. The van der Waals surface area contributed by atoms with Crippen LogP contribution >= 0.6 is 0 Å². The Bertz CT molecular complexity index is 5350. The third kappa shape index (κ3) is 6.20. The third-order valence-corrected chi connectivity index (χ3v) is 17.0. The Morgan fingerprint density at radius 1 is 0.171 bits per heavy atom. The second kappa shape index (κ2) is 16.2. The highest BCUT2D eigenvalue weighted by Gasteiger charge is 2.24. The van der Waals surface area contributed by atoms with Gasteiger partial charge in [-0.1, -0.05) is 84.9 Å². The summed E-state index contributed by atoms with van der Waals surface area (Å²) in [5, 5.41) is 16.7. The molecule has 0 aliphatic rings. The summed E-state index contributed by atoms with van der Waals surface area (Å²) in [6, 6.07) is 85.1. The summed E-state index contributed by atoms with van der Waals surface area (Å²) in [5.74, 6) is 0. The van der Waals surface area contributed by atoms with E-state index in [4.69, 9.17) is 26.5 Å². The van der Waals surface area contributed by atoms with Gasteiger partial charge in [-0.05, 0) is 168 Å². The molecule has 0 aliphatic carbocycles. The minimum Gasteiger partial charge on any atom is -0.456 e. The average molecular weight is 1050 g/mol. The van der Waals surface area contributed by atoms with Crippen molar-refractivity contribution >= 4 is 187 Å². The van der Waals surface area contributed by atoms with Crippen molar-refractivity contribution < 1.29 is 26.5 Å². The first-order valence-corrected chi connectivity index (χ1v) is 27.5. The Hall–Kier alpha value is -11.2. The molecule has 82 heavy (non-hydrogen) atoms. The fourth-order valence-corrected chi connectivity index (χ4v) is 13.2. The summed E-state index contributed by atoms with van der Waals surface area (Å²) in [6.45, 7) is 0. The fraction of sp³-hybridized carbons (Fsp3) is 0. The molecule has 0 radical (unpaired) electrons. The maximum absolute atomic E-state index is 7.05. The van der Waals surface area contributed by atoms with Gasteiger partial charge in [0.25, 0.3) is 0 Å². The third-order valence-electron chi connectivity index (χ3n) is 17.0. The van der Waals surface area contributed by atoms with Gasteiger partial charge in [0.1, 0.15) is 55.8 Å². The molecule has 0 saturated carbocycles. The zero-order chi connectivity index (χ0) is 53.3. The molecule has 0 amide bonds. The number of hydrogen-bond donors (Lipinski definition) is 0. The van der Waals surface area contributed by atoms with Gasteiger partial charge in [0.05, 0.1) is 0 Å². The second-order valence-electron chi connectivity index (χ2n) is 21.5. The first-order chi connectivity index (χ1) is 40.6. The van der Waals surface area contributed by atoms with Crippen molar-refractivity contribution in [1.82, 2.24) is 0 Å². The average Bonchev–Trinajstić information content (AvgIpc) is 4.14. The first-order valence-electron chi connectivity index (χ1n) is 27.5. The molecule has 13 aromatic carbocycles. The molecule has 8 nitrogen and oxygen atoms in total. The highest BCUT2D eigenvalue weighted by Crippen LogP contribution is 2.48. The van der Waals surface area contributed by atoms with E-state index in [9.17, 15) is 0 Å². The van der Waals surface area contributed by atoms with Crippen LogP contribution in [0.3, 0.4) is 0 Å². The molecule has 0 saturated heterocycles. The number of para-hydroxylation sites is 4. The molecule has 0 spiro atoms. The van der Waals surface area contributed by atoms with Crippen molar-refractivity contribution in [3.8, 4) is 0 Å². The summed E-state index contributed by atoms with van der Waals surface area (Å²) < 4.78 is 39.3. The highest BCUT2D eigenvalue weighted by molar-refractivity contribution is 6.25. The van der Waals surface area contributed by atoms with Crippen LogP contribution in [-0.2, 0) is 0 Å². The van der Waals surface area contributed by atoms with E-state index in [2.05, 4.69) is 204 Å². The molecule has 6 aromatic heterocycles. The lowest BCUT2D eigenvalue weighted by molar-refractivity contribution is 0.637. The summed E-state index contributed by atoms with van der Waals surface area (Å²) in [6.07, 6.45) is 0. The van der Waals surface area contributed by atoms with Crippen molar-refractivity contribution in [3.05, 3.63) is 243 Å². The number of benzene rings is 13. The van der Waals surface area contributed by atoms with Crippen LogP contribution in [0.1, 0.15) is 0 Å². The fourth-order valence-electron chi connectivity index (χ4n) is 13.2. The van der Waals surface area contributed by atoms with Crippen molar-refractivity contribution in [1.29, 1.82) is 0 Å². The lowest BCUT2D eigenvalue weighted by Crippen LogP contribution is -2.09. The van der Waals surface area contributed by atoms with Gasteiger partial charge in [-0.15, -0.1) is 0 Å². The Morgan fingerprint density at radius 3 is 0.768 bits per heavy atom. The van der Waals surface area contributed by atoms with Crippen LogP contribution in [0.25, 0.3) is 153 Å². The molecule has 0 unspecified atom stereocenters. The van der Waals surface area contributed by atoms with Crippen LogP contribution in [0.5, 0.6) is 0 Å². The Labute approximate surface area is 463 Å². The van der Waals surface area contributed by atoms with E-state index in [-0.39, 0.29) is 0 Å². The Morgan fingerprint density at radius 2 is 0.427 bits per heavy atom. The van der Waals surface area contributed by atoms with Gasteiger partial charge in [-0.2, -0.15) is 0 Å². The lowest BCUT2D eigenvalue weighted by atomic mass is 10.0. The maximum atomic E-state index is 7.05. The Balaban J connectivity index is 0.745. The molecule has 0 bridgehead atoms. The van der Waals surface area contributed by atoms with Crippen LogP contribution in [0, 0.1) is 0 Å².